The molecule has 0 aromatic carbocycles. The van der Waals surface area contributed by atoms with Gasteiger partial charge in [0.25, 0.3) is 0 Å². The van der Waals surface area contributed by atoms with Gasteiger partial charge in [-0.3, -0.25) is 0 Å². The van der Waals surface area contributed by atoms with Gasteiger partial charge in [-0.05, 0) is 6.07 Å². The van der Waals surface area contributed by atoms with Crippen LogP contribution < -0.4 is 0 Å². The molecule has 58 valence electrons. The Balaban J connectivity index is 2.80. The third-order valence-electron chi connectivity index (χ3n) is 1.61. The number of nitrogens with zero attached hydrogens (tertiary/aromatic N) is 3. The molecule has 0 fully saturated rings. The predicted molar refractivity (Wildman–Crippen MR) is 43.1 cm³/mol. The van der Waals surface area contributed by atoms with Gasteiger partial charge in [0.05, 0.1) is 12.8 Å². The van der Waals surface area contributed by atoms with E-state index in [2.05, 4.69) is 9.94 Å². The summed E-state index contributed by atoms with van der Waals surface area (Å²) in [5.74, 6) is 0.131. The molecule has 2 rings (SSSR count). The molecule has 0 saturated carbocycles. The molecule has 0 aliphatic carbocycles. The minimum Gasteiger partial charge on any atom is -0.504 e. The first-order valence-electron chi connectivity index (χ1n) is 3.35. The lowest BCUT2D eigenvalue weighted by molar-refractivity contribution is 0.481. The number of pyridine rings is 1. The highest BCUT2D eigenvalue weighted by Crippen LogP contribution is 2.20. The number of aromatic hydroxyl groups is 1. The van der Waals surface area contributed by atoms with E-state index in [0.717, 1.165) is 0 Å². The summed E-state index contributed by atoms with van der Waals surface area (Å²) in [7, 11) is 0. The Morgan fingerprint density at radius 2 is 2.33 bits per heavy atom. The Hall–Kier alpha value is -2.02. The molecule has 0 amide bonds. The fourth-order valence-electron chi connectivity index (χ4n) is 1.03. The van der Waals surface area contributed by atoms with Crippen molar-refractivity contribution in [3.63, 3.8) is 0 Å². The molecule has 4 heteroatoms. The highest BCUT2D eigenvalue weighted by Gasteiger charge is 2.00. The molecule has 1 N–H and O–H groups in total. The zero-order chi connectivity index (χ0) is 8.55. The molecule has 0 aliphatic heterocycles. The molecule has 0 saturated heterocycles. The topological polar surface area (TPSA) is 41.9 Å². The summed E-state index contributed by atoms with van der Waals surface area (Å²) in [6.45, 7) is 6.75. The normalized spacial score (nSPS) is 9.92. The first-order valence-corrected chi connectivity index (χ1v) is 3.35. The lowest BCUT2D eigenvalue weighted by Crippen LogP contribution is -1.83. The van der Waals surface area contributed by atoms with E-state index >= 15 is 0 Å². The van der Waals surface area contributed by atoms with E-state index < -0.39 is 0 Å². The molecular formula is C8H5N3O. The first kappa shape index (κ1) is 6.68. The van der Waals surface area contributed by atoms with E-state index in [-0.39, 0.29) is 5.75 Å². The van der Waals surface area contributed by atoms with Crippen LogP contribution in [-0.4, -0.2) is 14.7 Å². The second-order valence-electron chi connectivity index (χ2n) is 2.36. The van der Waals surface area contributed by atoms with Gasteiger partial charge in [0, 0.05) is 6.20 Å². The molecule has 12 heavy (non-hydrogen) atoms. The van der Waals surface area contributed by atoms with Gasteiger partial charge < -0.3 is 5.11 Å². The van der Waals surface area contributed by atoms with Crippen LogP contribution in [-0.2, 0) is 0 Å². The van der Waals surface area contributed by atoms with Crippen molar-refractivity contribution in [3.8, 4) is 5.75 Å². The molecular weight excluding hydrogens is 154 g/mol. The van der Waals surface area contributed by atoms with Crippen LogP contribution in [0, 0.1) is 6.57 Å². The number of hydrogen-bond donors (Lipinski definition) is 1. The SMILES string of the molecule is [C-]#[N+]c1ccc2c(O)cnn2c1. The lowest BCUT2D eigenvalue weighted by atomic mass is 10.3. The van der Waals surface area contributed by atoms with E-state index in [0.29, 0.717) is 11.2 Å². The van der Waals surface area contributed by atoms with E-state index in [1.807, 2.05) is 0 Å². The van der Waals surface area contributed by atoms with Gasteiger partial charge in [0.2, 0.25) is 5.69 Å². The van der Waals surface area contributed by atoms with Crippen molar-refractivity contribution in [2.45, 2.75) is 0 Å². The van der Waals surface area contributed by atoms with Gasteiger partial charge in [-0.25, -0.2) is 9.36 Å². The first-order chi connectivity index (χ1) is 5.81. The number of rotatable bonds is 0. The molecule has 0 aliphatic rings. The van der Waals surface area contributed by atoms with Crippen LogP contribution in [0.4, 0.5) is 5.69 Å². The van der Waals surface area contributed by atoms with Crippen LogP contribution in [0.15, 0.2) is 24.5 Å². The second-order valence-corrected chi connectivity index (χ2v) is 2.36. The Morgan fingerprint density at radius 1 is 1.50 bits per heavy atom. The van der Waals surface area contributed by atoms with Crippen molar-refractivity contribution in [3.05, 3.63) is 35.9 Å². The van der Waals surface area contributed by atoms with E-state index in [9.17, 15) is 5.11 Å². The van der Waals surface area contributed by atoms with Gasteiger partial charge >= 0.3 is 0 Å². The van der Waals surface area contributed by atoms with Crippen molar-refractivity contribution < 1.29 is 5.11 Å². The third-order valence-corrected chi connectivity index (χ3v) is 1.61. The van der Waals surface area contributed by atoms with Crippen molar-refractivity contribution in [2.75, 3.05) is 0 Å². The van der Waals surface area contributed by atoms with Gasteiger partial charge in [0.1, 0.15) is 5.52 Å². The Bertz CT molecular complexity index is 467. The summed E-state index contributed by atoms with van der Waals surface area (Å²) < 4.78 is 1.47. The Kier molecular flexibility index (Phi) is 1.25. The van der Waals surface area contributed by atoms with Crippen molar-refractivity contribution in [1.29, 1.82) is 0 Å². The van der Waals surface area contributed by atoms with E-state index in [4.69, 9.17) is 6.57 Å². The average molecular weight is 159 g/mol. The zero-order valence-corrected chi connectivity index (χ0v) is 6.10. The van der Waals surface area contributed by atoms with Gasteiger partial charge in [-0.2, -0.15) is 5.10 Å². The maximum absolute atomic E-state index is 9.21. The smallest absolute Gasteiger partial charge is 0.205 e. The van der Waals surface area contributed by atoms with Crippen LogP contribution in [0.3, 0.4) is 0 Å². The molecule has 0 unspecified atom stereocenters. The predicted octanol–water partition coefficient (Wildman–Crippen LogP) is 1.59. The summed E-state index contributed by atoms with van der Waals surface area (Å²) >= 11 is 0. The summed E-state index contributed by atoms with van der Waals surface area (Å²) in [5.41, 5.74) is 1.12. The number of hydrogen-bond acceptors (Lipinski definition) is 2. The molecule has 2 aromatic rings. The number of aromatic nitrogens is 2. The van der Waals surface area contributed by atoms with Crippen LogP contribution in [0.25, 0.3) is 10.4 Å². The molecule has 2 aromatic heterocycles. The summed E-state index contributed by atoms with van der Waals surface area (Å²) in [4.78, 5) is 3.24. The summed E-state index contributed by atoms with van der Waals surface area (Å²) in [6.07, 6.45) is 2.92. The van der Waals surface area contributed by atoms with Gasteiger partial charge in [0.15, 0.2) is 5.75 Å². The standard InChI is InChI=1S/C8H5N3O/c1-9-6-2-3-7-8(12)4-10-11(7)5-6/h2-5,12H. The second kappa shape index (κ2) is 2.24. The van der Waals surface area contributed by atoms with Crippen LogP contribution >= 0.6 is 0 Å². The van der Waals surface area contributed by atoms with Gasteiger partial charge in [-0.1, -0.05) is 6.07 Å². The Morgan fingerprint density at radius 3 is 3.08 bits per heavy atom. The third kappa shape index (κ3) is 0.805. The largest absolute Gasteiger partial charge is 0.504 e. The van der Waals surface area contributed by atoms with Crippen LogP contribution in [0.5, 0.6) is 5.75 Å². The minimum absolute atomic E-state index is 0.131. The molecule has 0 bridgehead atoms. The quantitative estimate of drug-likeness (QED) is 0.593. The molecule has 4 nitrogen and oxygen atoms in total. The Labute approximate surface area is 68.5 Å². The van der Waals surface area contributed by atoms with E-state index in [1.165, 1.54) is 10.7 Å². The average Bonchev–Trinajstić information content (AvgIpc) is 2.47. The number of fused-ring (bicyclic) bond motifs is 1. The fraction of sp³-hybridized carbons (Fsp3) is 0. The molecule has 2 heterocycles. The van der Waals surface area contributed by atoms with Crippen LogP contribution in [0.1, 0.15) is 0 Å². The minimum atomic E-state index is 0.131. The monoisotopic (exact) mass is 159 g/mol. The molecule has 0 spiro atoms. The van der Waals surface area contributed by atoms with Crippen molar-refractivity contribution in [2.24, 2.45) is 0 Å². The maximum Gasteiger partial charge on any atom is 0.205 e. The molecule has 0 atom stereocenters. The summed E-state index contributed by atoms with van der Waals surface area (Å²) in [5, 5.41) is 13.1. The highest BCUT2D eigenvalue weighted by atomic mass is 16.3. The lowest BCUT2D eigenvalue weighted by Gasteiger charge is -1.92. The fourth-order valence-corrected chi connectivity index (χ4v) is 1.03. The van der Waals surface area contributed by atoms with Crippen molar-refractivity contribution in [1.82, 2.24) is 9.61 Å². The van der Waals surface area contributed by atoms with Crippen molar-refractivity contribution >= 4 is 11.2 Å². The zero-order valence-electron chi connectivity index (χ0n) is 6.10. The summed E-state index contributed by atoms with van der Waals surface area (Å²) in [6, 6.07) is 3.30. The van der Waals surface area contributed by atoms with E-state index in [1.54, 1.807) is 18.3 Å². The highest BCUT2D eigenvalue weighted by molar-refractivity contribution is 5.61. The van der Waals surface area contributed by atoms with Gasteiger partial charge in [-0.15, -0.1) is 0 Å². The van der Waals surface area contributed by atoms with Crippen LogP contribution in [0.2, 0.25) is 0 Å². The molecule has 0 radical (unpaired) electrons. The maximum atomic E-state index is 9.21.